The van der Waals surface area contributed by atoms with Crippen molar-refractivity contribution >= 4 is 27.5 Å². The average molecular weight is 345 g/mol. The van der Waals surface area contributed by atoms with E-state index in [4.69, 9.17) is 11.6 Å². The number of benzene rings is 1. The van der Waals surface area contributed by atoms with E-state index in [1.807, 2.05) is 24.6 Å². The van der Waals surface area contributed by atoms with Crippen LogP contribution in [0.15, 0.2) is 29.0 Å². The third kappa shape index (κ3) is 3.35. The lowest BCUT2D eigenvalue weighted by Gasteiger charge is -2.15. The average Bonchev–Trinajstić information content (AvgIpc) is 2.80. The highest BCUT2D eigenvalue weighted by Gasteiger charge is 2.17. The first kappa shape index (κ1) is 14.5. The molecule has 4 nitrogen and oxygen atoms in total. The van der Waals surface area contributed by atoms with Gasteiger partial charge in [0.15, 0.2) is 0 Å². The molecule has 0 radical (unpaired) electrons. The van der Waals surface area contributed by atoms with Gasteiger partial charge in [-0.1, -0.05) is 27.5 Å². The molecule has 0 aliphatic heterocycles. The van der Waals surface area contributed by atoms with Crippen molar-refractivity contribution in [1.29, 1.82) is 0 Å². The first-order valence-electron chi connectivity index (χ1n) is 6.00. The van der Waals surface area contributed by atoms with E-state index in [9.17, 15) is 5.11 Å². The molecule has 0 aliphatic rings. The second kappa shape index (κ2) is 6.03. The zero-order valence-corrected chi connectivity index (χ0v) is 13.1. The number of rotatable bonds is 4. The summed E-state index contributed by atoms with van der Waals surface area (Å²) in [7, 11) is 0. The smallest absolute Gasteiger partial charge is 0.138 e. The highest BCUT2D eigenvalue weighted by atomic mass is 79.9. The number of halogens is 2. The first-order chi connectivity index (χ1) is 8.99. The summed E-state index contributed by atoms with van der Waals surface area (Å²) >= 11 is 9.38. The first-order valence-corrected chi connectivity index (χ1v) is 7.17. The number of nitrogens with zero attached hydrogens (tertiary/aromatic N) is 3. The van der Waals surface area contributed by atoms with Gasteiger partial charge in [0, 0.05) is 22.0 Å². The monoisotopic (exact) mass is 343 g/mol. The Bertz CT molecular complexity index is 571. The molecule has 0 spiro atoms. The molecular weight excluding hydrogens is 330 g/mol. The van der Waals surface area contributed by atoms with Crippen LogP contribution < -0.4 is 0 Å². The third-order valence-electron chi connectivity index (χ3n) is 2.83. The highest BCUT2D eigenvalue weighted by molar-refractivity contribution is 9.10. The molecule has 19 heavy (non-hydrogen) atoms. The van der Waals surface area contributed by atoms with Crippen molar-refractivity contribution in [2.24, 2.45) is 0 Å². The molecule has 0 bridgehead atoms. The Kier molecular flexibility index (Phi) is 4.60. The molecule has 0 fully saturated rings. The maximum atomic E-state index is 10.3. The summed E-state index contributed by atoms with van der Waals surface area (Å²) < 4.78 is 2.64. The van der Waals surface area contributed by atoms with Gasteiger partial charge in [-0.3, -0.25) is 0 Å². The Morgan fingerprint density at radius 2 is 2.16 bits per heavy atom. The Morgan fingerprint density at radius 1 is 1.42 bits per heavy atom. The largest absolute Gasteiger partial charge is 0.388 e. The van der Waals surface area contributed by atoms with Crippen LogP contribution >= 0.6 is 27.5 Å². The molecule has 1 heterocycles. The second-order valence-electron chi connectivity index (χ2n) is 4.60. The summed E-state index contributed by atoms with van der Waals surface area (Å²) in [4.78, 5) is 4.20. The zero-order chi connectivity index (χ0) is 14.0. The van der Waals surface area contributed by atoms with Gasteiger partial charge in [-0.2, -0.15) is 5.10 Å². The van der Waals surface area contributed by atoms with Gasteiger partial charge < -0.3 is 5.11 Å². The van der Waals surface area contributed by atoms with Gasteiger partial charge in [-0.25, -0.2) is 9.67 Å². The SMILES string of the molecule is CC(C)n1ncnc1CC(O)c1cc(Cl)ccc1Br. The summed E-state index contributed by atoms with van der Waals surface area (Å²) in [6.45, 7) is 4.06. The molecule has 0 aliphatic carbocycles. The van der Waals surface area contributed by atoms with Crippen LogP contribution in [0.4, 0.5) is 0 Å². The Labute approximate surface area is 125 Å². The normalized spacial score (nSPS) is 12.9. The van der Waals surface area contributed by atoms with Crippen molar-refractivity contribution in [3.63, 3.8) is 0 Å². The van der Waals surface area contributed by atoms with Crippen LogP contribution in [-0.2, 0) is 6.42 Å². The van der Waals surface area contributed by atoms with E-state index >= 15 is 0 Å². The van der Waals surface area contributed by atoms with Gasteiger partial charge in [0.25, 0.3) is 0 Å². The number of aliphatic hydroxyl groups excluding tert-OH is 1. The Hall–Kier alpha value is -0.910. The van der Waals surface area contributed by atoms with E-state index in [-0.39, 0.29) is 6.04 Å². The summed E-state index contributed by atoms with van der Waals surface area (Å²) in [6.07, 6.45) is 1.24. The van der Waals surface area contributed by atoms with Crippen molar-refractivity contribution in [1.82, 2.24) is 14.8 Å². The van der Waals surface area contributed by atoms with Crippen LogP contribution in [0.5, 0.6) is 0 Å². The van der Waals surface area contributed by atoms with E-state index in [1.165, 1.54) is 6.33 Å². The van der Waals surface area contributed by atoms with Crippen LogP contribution in [0.1, 0.15) is 37.4 Å². The summed E-state index contributed by atoms with van der Waals surface area (Å²) in [6, 6.07) is 5.58. The van der Waals surface area contributed by atoms with Crippen LogP contribution in [-0.4, -0.2) is 19.9 Å². The van der Waals surface area contributed by atoms with E-state index < -0.39 is 6.10 Å². The highest BCUT2D eigenvalue weighted by Crippen LogP contribution is 2.28. The maximum Gasteiger partial charge on any atom is 0.138 e. The lowest BCUT2D eigenvalue weighted by atomic mass is 10.1. The van der Waals surface area contributed by atoms with Crippen LogP contribution in [0.2, 0.25) is 5.02 Å². The van der Waals surface area contributed by atoms with Crippen LogP contribution in [0, 0.1) is 0 Å². The van der Waals surface area contributed by atoms with Gasteiger partial charge in [0.05, 0.1) is 6.10 Å². The van der Waals surface area contributed by atoms with Gasteiger partial charge in [0.2, 0.25) is 0 Å². The van der Waals surface area contributed by atoms with Gasteiger partial charge in [-0.05, 0) is 37.6 Å². The number of hydrogen-bond acceptors (Lipinski definition) is 3. The number of aromatic nitrogens is 3. The lowest BCUT2D eigenvalue weighted by molar-refractivity contribution is 0.172. The Morgan fingerprint density at radius 3 is 2.84 bits per heavy atom. The maximum absolute atomic E-state index is 10.3. The topological polar surface area (TPSA) is 50.9 Å². The summed E-state index contributed by atoms with van der Waals surface area (Å²) in [5, 5.41) is 15.1. The molecule has 6 heteroatoms. The predicted molar refractivity (Wildman–Crippen MR) is 78.2 cm³/mol. The standard InChI is InChI=1S/C13H15BrClN3O/c1-8(2)18-13(16-7-17-18)6-12(19)10-5-9(15)3-4-11(10)14/h3-5,7-8,12,19H,6H2,1-2H3. The molecule has 0 saturated heterocycles. The predicted octanol–water partition coefficient (Wildman–Crippen LogP) is 3.55. The molecule has 2 rings (SSSR count). The molecule has 0 amide bonds. The quantitative estimate of drug-likeness (QED) is 0.923. The van der Waals surface area contributed by atoms with Crippen molar-refractivity contribution in [2.45, 2.75) is 32.4 Å². The molecule has 1 unspecified atom stereocenters. The molecule has 0 saturated carbocycles. The molecule has 1 atom stereocenters. The minimum Gasteiger partial charge on any atom is -0.388 e. The Balaban J connectivity index is 2.23. The zero-order valence-electron chi connectivity index (χ0n) is 10.7. The summed E-state index contributed by atoms with van der Waals surface area (Å²) in [5.41, 5.74) is 0.755. The van der Waals surface area contributed by atoms with Crippen molar-refractivity contribution < 1.29 is 5.11 Å². The van der Waals surface area contributed by atoms with Crippen molar-refractivity contribution in [2.75, 3.05) is 0 Å². The fourth-order valence-corrected chi connectivity index (χ4v) is 2.60. The van der Waals surface area contributed by atoms with Crippen LogP contribution in [0.3, 0.4) is 0 Å². The fraction of sp³-hybridized carbons (Fsp3) is 0.385. The van der Waals surface area contributed by atoms with Crippen molar-refractivity contribution in [3.8, 4) is 0 Å². The van der Waals surface area contributed by atoms with E-state index in [1.54, 1.807) is 12.1 Å². The molecule has 1 aromatic heterocycles. The van der Waals surface area contributed by atoms with Crippen LogP contribution in [0.25, 0.3) is 0 Å². The van der Waals surface area contributed by atoms with Crippen molar-refractivity contribution in [3.05, 3.63) is 45.4 Å². The van der Waals surface area contributed by atoms with Gasteiger partial charge in [0.1, 0.15) is 12.2 Å². The summed E-state index contributed by atoms with van der Waals surface area (Å²) in [5.74, 6) is 0.759. The van der Waals surface area contributed by atoms with E-state index in [2.05, 4.69) is 26.0 Å². The molecular formula is C13H15BrClN3O. The van der Waals surface area contributed by atoms with E-state index in [0.717, 1.165) is 15.9 Å². The van der Waals surface area contributed by atoms with Gasteiger partial charge >= 0.3 is 0 Å². The molecule has 1 N–H and O–H groups in total. The third-order valence-corrected chi connectivity index (χ3v) is 3.79. The molecule has 1 aromatic carbocycles. The minimum absolute atomic E-state index is 0.215. The number of hydrogen-bond donors (Lipinski definition) is 1. The molecule has 2 aromatic rings. The molecule has 102 valence electrons. The number of aliphatic hydroxyl groups is 1. The van der Waals surface area contributed by atoms with E-state index in [0.29, 0.717) is 11.4 Å². The second-order valence-corrected chi connectivity index (χ2v) is 5.89. The van der Waals surface area contributed by atoms with Gasteiger partial charge in [-0.15, -0.1) is 0 Å². The lowest BCUT2D eigenvalue weighted by Crippen LogP contribution is -2.12. The minimum atomic E-state index is -0.672. The fourth-order valence-electron chi connectivity index (χ4n) is 1.90.